The molecule has 0 atom stereocenters. The van der Waals surface area contributed by atoms with Gasteiger partial charge < -0.3 is 14.8 Å². The van der Waals surface area contributed by atoms with E-state index in [1.54, 1.807) is 30.3 Å². The van der Waals surface area contributed by atoms with E-state index in [0.717, 1.165) is 4.90 Å². The maximum atomic E-state index is 12.5. The maximum absolute atomic E-state index is 12.5. The summed E-state index contributed by atoms with van der Waals surface area (Å²) in [6, 6.07) is 9.32. The zero-order valence-corrected chi connectivity index (χ0v) is 15.5. The van der Waals surface area contributed by atoms with Gasteiger partial charge in [0.1, 0.15) is 11.5 Å². The molecule has 0 aromatic heterocycles. The molecule has 1 saturated heterocycles. The molecule has 0 spiro atoms. The Hall–Kier alpha value is -3.06. The van der Waals surface area contributed by atoms with Crippen LogP contribution in [0.5, 0.6) is 11.5 Å². The second-order valence-electron chi connectivity index (χ2n) is 5.81. The molecule has 1 N–H and O–H groups in total. The van der Waals surface area contributed by atoms with Crippen molar-refractivity contribution >= 4 is 40.7 Å². The van der Waals surface area contributed by atoms with E-state index in [9.17, 15) is 14.4 Å². The first-order valence-corrected chi connectivity index (χ1v) is 8.51. The van der Waals surface area contributed by atoms with Gasteiger partial charge in [0, 0.05) is 24.5 Å². The van der Waals surface area contributed by atoms with E-state index in [1.807, 2.05) is 0 Å². The molecule has 140 valence electrons. The summed E-state index contributed by atoms with van der Waals surface area (Å²) >= 11 is 6.11. The van der Waals surface area contributed by atoms with Crippen LogP contribution in [0.25, 0.3) is 0 Å². The second kappa shape index (κ2) is 7.67. The van der Waals surface area contributed by atoms with E-state index in [4.69, 9.17) is 21.1 Å². The Morgan fingerprint density at radius 3 is 2.15 bits per heavy atom. The van der Waals surface area contributed by atoms with Crippen LogP contribution in [0.3, 0.4) is 0 Å². The van der Waals surface area contributed by atoms with Crippen molar-refractivity contribution in [2.75, 3.05) is 24.4 Å². The molecule has 8 heteroatoms. The van der Waals surface area contributed by atoms with Crippen LogP contribution >= 0.6 is 11.6 Å². The Morgan fingerprint density at radius 2 is 1.59 bits per heavy atom. The molecule has 1 aliphatic rings. The van der Waals surface area contributed by atoms with Crippen LogP contribution in [0.2, 0.25) is 5.02 Å². The highest BCUT2D eigenvalue weighted by Gasteiger charge is 2.30. The molecule has 2 aromatic carbocycles. The number of anilines is 2. The van der Waals surface area contributed by atoms with Crippen LogP contribution in [0, 0.1) is 0 Å². The van der Waals surface area contributed by atoms with Gasteiger partial charge in [0.2, 0.25) is 11.8 Å². The smallest absolute Gasteiger partial charge is 0.255 e. The average Bonchev–Trinajstić information content (AvgIpc) is 3.00. The number of methoxy groups -OCH3 is 2. The predicted molar refractivity (Wildman–Crippen MR) is 101 cm³/mol. The molecule has 0 bridgehead atoms. The van der Waals surface area contributed by atoms with Crippen molar-refractivity contribution in [3.05, 3.63) is 47.0 Å². The van der Waals surface area contributed by atoms with E-state index in [-0.39, 0.29) is 30.6 Å². The van der Waals surface area contributed by atoms with Crippen LogP contribution in [0.15, 0.2) is 36.4 Å². The zero-order chi connectivity index (χ0) is 19.6. The topological polar surface area (TPSA) is 84.9 Å². The molecule has 0 unspecified atom stereocenters. The molecule has 0 radical (unpaired) electrons. The van der Waals surface area contributed by atoms with Crippen LogP contribution in [0.4, 0.5) is 11.4 Å². The fourth-order valence-electron chi connectivity index (χ4n) is 2.78. The number of imide groups is 1. The van der Waals surface area contributed by atoms with Gasteiger partial charge in [0.05, 0.1) is 30.6 Å². The highest BCUT2D eigenvalue weighted by Crippen LogP contribution is 2.36. The number of nitrogens with one attached hydrogen (secondary N) is 1. The Balaban J connectivity index is 1.80. The molecule has 27 heavy (non-hydrogen) atoms. The molecule has 1 fully saturated rings. The first kappa shape index (κ1) is 18.7. The van der Waals surface area contributed by atoms with Crippen molar-refractivity contribution in [3.63, 3.8) is 0 Å². The molecule has 1 aliphatic heterocycles. The fourth-order valence-corrected chi connectivity index (χ4v) is 3.02. The predicted octanol–water partition coefficient (Wildman–Crippen LogP) is 3.26. The highest BCUT2D eigenvalue weighted by atomic mass is 35.5. The molecule has 1 heterocycles. The van der Waals surface area contributed by atoms with E-state index < -0.39 is 0 Å². The molecule has 0 aliphatic carbocycles. The summed E-state index contributed by atoms with van der Waals surface area (Å²) in [5.74, 6) is -0.0462. The third-order valence-electron chi connectivity index (χ3n) is 4.16. The van der Waals surface area contributed by atoms with Crippen LogP contribution in [0.1, 0.15) is 23.2 Å². The molecular formula is C19H17ClN2O5. The monoisotopic (exact) mass is 388 g/mol. The maximum Gasteiger partial charge on any atom is 0.255 e. The number of amides is 3. The zero-order valence-electron chi connectivity index (χ0n) is 14.7. The van der Waals surface area contributed by atoms with Gasteiger partial charge in [-0.2, -0.15) is 0 Å². The molecular weight excluding hydrogens is 372 g/mol. The van der Waals surface area contributed by atoms with Crippen molar-refractivity contribution in [1.82, 2.24) is 0 Å². The molecule has 2 aromatic rings. The number of carbonyl (C=O) groups is 3. The lowest BCUT2D eigenvalue weighted by atomic mass is 10.1. The normalized spacial score (nSPS) is 13.7. The van der Waals surface area contributed by atoms with Crippen molar-refractivity contribution in [2.45, 2.75) is 12.8 Å². The number of hydrogen-bond acceptors (Lipinski definition) is 5. The Morgan fingerprint density at radius 1 is 1.00 bits per heavy atom. The summed E-state index contributed by atoms with van der Waals surface area (Å²) in [6.07, 6.45) is 0.415. The van der Waals surface area contributed by atoms with Crippen molar-refractivity contribution < 1.29 is 23.9 Å². The highest BCUT2D eigenvalue weighted by molar-refractivity contribution is 6.32. The lowest BCUT2D eigenvalue weighted by molar-refractivity contribution is -0.121. The number of halogens is 1. The molecule has 3 amide bonds. The molecule has 3 rings (SSSR count). The third-order valence-corrected chi connectivity index (χ3v) is 4.46. The van der Waals surface area contributed by atoms with Gasteiger partial charge in [-0.15, -0.1) is 0 Å². The summed E-state index contributed by atoms with van der Waals surface area (Å²) < 4.78 is 10.4. The van der Waals surface area contributed by atoms with Gasteiger partial charge in [0.25, 0.3) is 5.91 Å². The number of carbonyl (C=O) groups excluding carboxylic acids is 3. The number of hydrogen-bond donors (Lipinski definition) is 1. The summed E-state index contributed by atoms with van der Waals surface area (Å²) in [7, 11) is 2.95. The van der Waals surface area contributed by atoms with E-state index in [1.165, 1.54) is 20.3 Å². The van der Waals surface area contributed by atoms with Crippen LogP contribution in [-0.4, -0.2) is 31.9 Å². The Bertz CT molecular complexity index is 895. The summed E-state index contributed by atoms with van der Waals surface area (Å²) in [5.41, 5.74) is 1.19. The number of nitrogens with zero attached hydrogens (tertiary/aromatic N) is 1. The minimum atomic E-state index is -0.389. The summed E-state index contributed by atoms with van der Waals surface area (Å²) in [4.78, 5) is 37.2. The standard InChI is InChI=1S/C19H17ClN2O5/c1-26-15-10-16(27-2)14(9-13(15)20)21-19(25)11-3-5-12(6-4-11)22-17(23)7-8-18(22)24/h3-6,9-10H,7-8H2,1-2H3,(H,21,25). The van der Waals surface area contributed by atoms with E-state index >= 15 is 0 Å². The van der Waals surface area contributed by atoms with Crippen molar-refractivity contribution in [2.24, 2.45) is 0 Å². The fraction of sp³-hybridized carbons (Fsp3) is 0.211. The Kier molecular flexibility index (Phi) is 5.32. The SMILES string of the molecule is COc1cc(OC)c(NC(=O)c2ccc(N3C(=O)CCC3=O)cc2)cc1Cl. The Labute approximate surface area is 160 Å². The largest absolute Gasteiger partial charge is 0.495 e. The first-order valence-electron chi connectivity index (χ1n) is 8.13. The number of rotatable bonds is 5. The van der Waals surface area contributed by atoms with E-state index in [2.05, 4.69) is 5.32 Å². The van der Waals surface area contributed by atoms with Crippen molar-refractivity contribution in [3.8, 4) is 11.5 Å². The van der Waals surface area contributed by atoms with Crippen LogP contribution in [-0.2, 0) is 9.59 Å². The van der Waals surface area contributed by atoms with Gasteiger partial charge in [0.15, 0.2) is 0 Å². The quantitative estimate of drug-likeness (QED) is 0.794. The lowest BCUT2D eigenvalue weighted by Gasteiger charge is -2.15. The van der Waals surface area contributed by atoms with Crippen molar-refractivity contribution in [1.29, 1.82) is 0 Å². The number of benzene rings is 2. The van der Waals surface area contributed by atoms with Gasteiger partial charge in [-0.1, -0.05) is 11.6 Å². The van der Waals surface area contributed by atoms with Gasteiger partial charge in [-0.05, 0) is 30.3 Å². The minimum absolute atomic E-state index is 0.207. The first-order chi connectivity index (χ1) is 12.9. The summed E-state index contributed by atoms with van der Waals surface area (Å²) in [5, 5.41) is 3.05. The lowest BCUT2D eigenvalue weighted by Crippen LogP contribution is -2.28. The summed E-state index contributed by atoms with van der Waals surface area (Å²) in [6.45, 7) is 0. The minimum Gasteiger partial charge on any atom is -0.495 e. The van der Waals surface area contributed by atoms with Gasteiger partial charge >= 0.3 is 0 Å². The number of ether oxygens (including phenoxy) is 2. The molecule has 7 nitrogen and oxygen atoms in total. The third kappa shape index (κ3) is 3.73. The van der Waals surface area contributed by atoms with Gasteiger partial charge in [-0.25, -0.2) is 0 Å². The second-order valence-corrected chi connectivity index (χ2v) is 6.22. The van der Waals surface area contributed by atoms with Gasteiger partial charge in [-0.3, -0.25) is 19.3 Å². The van der Waals surface area contributed by atoms with E-state index in [0.29, 0.717) is 33.5 Å². The average molecular weight is 389 g/mol. The molecule has 0 saturated carbocycles. The van der Waals surface area contributed by atoms with Crippen LogP contribution < -0.4 is 19.7 Å².